The lowest BCUT2D eigenvalue weighted by molar-refractivity contribution is -0.128. The van der Waals surface area contributed by atoms with Gasteiger partial charge in [-0.05, 0) is 43.9 Å². The van der Waals surface area contributed by atoms with Gasteiger partial charge in [0.25, 0.3) is 5.91 Å². The second-order valence-corrected chi connectivity index (χ2v) is 4.90. The van der Waals surface area contributed by atoms with Crippen molar-refractivity contribution in [1.29, 1.82) is 0 Å². The first-order valence-electron chi connectivity index (χ1n) is 6.16. The van der Waals surface area contributed by atoms with Crippen LogP contribution < -0.4 is 10.1 Å². The Labute approximate surface area is 106 Å². The van der Waals surface area contributed by atoms with Gasteiger partial charge in [-0.3, -0.25) is 4.79 Å². The van der Waals surface area contributed by atoms with Crippen LogP contribution in [0.4, 0.5) is 4.39 Å². The van der Waals surface area contributed by atoms with Crippen LogP contribution in [0, 0.1) is 0 Å². The predicted molar refractivity (Wildman–Crippen MR) is 67.4 cm³/mol. The number of halogens is 1. The lowest BCUT2D eigenvalue weighted by Crippen LogP contribution is -2.40. The molecule has 0 saturated heterocycles. The largest absolute Gasteiger partial charge is 0.497 e. The SMILES string of the molecule is COc1cccc(CC(C)NC(=O)C2(F)CC2)c1. The standard InChI is InChI=1S/C14H18FNO2/c1-10(16-13(17)14(15)6-7-14)8-11-4-3-5-12(9-11)18-2/h3-5,9-10H,6-8H2,1-2H3,(H,16,17). The molecule has 0 aliphatic heterocycles. The normalized spacial score (nSPS) is 17.9. The Kier molecular flexibility index (Phi) is 3.55. The molecule has 18 heavy (non-hydrogen) atoms. The Hall–Kier alpha value is -1.58. The average Bonchev–Trinajstić information content (AvgIpc) is 3.09. The van der Waals surface area contributed by atoms with E-state index in [1.165, 1.54) is 0 Å². The number of hydrogen-bond acceptors (Lipinski definition) is 2. The van der Waals surface area contributed by atoms with E-state index in [0.717, 1.165) is 11.3 Å². The highest BCUT2D eigenvalue weighted by atomic mass is 19.1. The maximum atomic E-state index is 13.5. The van der Waals surface area contributed by atoms with Crippen molar-refractivity contribution in [2.24, 2.45) is 0 Å². The van der Waals surface area contributed by atoms with Crippen molar-refractivity contribution in [3.8, 4) is 5.75 Å². The highest BCUT2D eigenvalue weighted by Gasteiger charge is 2.50. The lowest BCUT2D eigenvalue weighted by Gasteiger charge is -2.15. The minimum atomic E-state index is -1.59. The van der Waals surface area contributed by atoms with Gasteiger partial charge >= 0.3 is 0 Å². The monoisotopic (exact) mass is 251 g/mol. The van der Waals surface area contributed by atoms with E-state index in [2.05, 4.69) is 5.32 Å². The first-order valence-corrected chi connectivity index (χ1v) is 6.16. The van der Waals surface area contributed by atoms with Gasteiger partial charge in [0.2, 0.25) is 0 Å². The molecule has 2 rings (SSSR count). The maximum absolute atomic E-state index is 13.5. The molecule has 98 valence electrons. The number of benzene rings is 1. The molecule has 0 spiro atoms. The highest BCUT2D eigenvalue weighted by molar-refractivity contribution is 5.88. The van der Waals surface area contributed by atoms with Crippen molar-refractivity contribution in [3.63, 3.8) is 0 Å². The first-order chi connectivity index (χ1) is 8.53. The Balaban J connectivity index is 1.90. The van der Waals surface area contributed by atoms with Crippen molar-refractivity contribution < 1.29 is 13.9 Å². The zero-order chi connectivity index (χ0) is 13.2. The number of nitrogens with one attached hydrogen (secondary N) is 1. The third kappa shape index (κ3) is 3.00. The summed E-state index contributed by atoms with van der Waals surface area (Å²) in [7, 11) is 1.62. The molecule has 1 amide bonds. The van der Waals surface area contributed by atoms with E-state index in [9.17, 15) is 9.18 Å². The molecule has 1 aliphatic rings. The predicted octanol–water partition coefficient (Wildman–Crippen LogP) is 2.24. The molecule has 0 bridgehead atoms. The fraction of sp³-hybridized carbons (Fsp3) is 0.500. The molecule has 4 heteroatoms. The smallest absolute Gasteiger partial charge is 0.257 e. The minimum Gasteiger partial charge on any atom is -0.497 e. The van der Waals surface area contributed by atoms with Gasteiger partial charge < -0.3 is 10.1 Å². The van der Waals surface area contributed by atoms with Gasteiger partial charge in [0.05, 0.1) is 7.11 Å². The van der Waals surface area contributed by atoms with Gasteiger partial charge in [0.15, 0.2) is 5.67 Å². The molecule has 0 aromatic heterocycles. The number of alkyl halides is 1. The van der Waals surface area contributed by atoms with E-state index in [1.54, 1.807) is 7.11 Å². The van der Waals surface area contributed by atoms with Crippen LogP contribution in [0.25, 0.3) is 0 Å². The molecule has 1 aliphatic carbocycles. The minimum absolute atomic E-state index is 0.0853. The van der Waals surface area contributed by atoms with Crippen LogP contribution in [0.5, 0.6) is 5.75 Å². The molecule has 1 saturated carbocycles. The topological polar surface area (TPSA) is 38.3 Å². The molecular formula is C14H18FNO2. The summed E-state index contributed by atoms with van der Waals surface area (Å²) in [6, 6.07) is 7.57. The number of ether oxygens (including phenoxy) is 1. The molecule has 1 fully saturated rings. The number of carbonyl (C=O) groups is 1. The Morgan fingerprint density at radius 3 is 2.89 bits per heavy atom. The molecular weight excluding hydrogens is 233 g/mol. The summed E-state index contributed by atoms with van der Waals surface area (Å²) in [6.45, 7) is 1.88. The van der Waals surface area contributed by atoms with Crippen molar-refractivity contribution >= 4 is 5.91 Å². The summed E-state index contributed by atoms with van der Waals surface area (Å²) in [4.78, 5) is 11.5. The molecule has 1 atom stereocenters. The van der Waals surface area contributed by atoms with Crippen LogP contribution in [-0.2, 0) is 11.2 Å². The summed E-state index contributed by atoms with van der Waals surface area (Å²) < 4.78 is 18.6. The van der Waals surface area contributed by atoms with E-state index in [-0.39, 0.29) is 6.04 Å². The molecule has 1 N–H and O–H groups in total. The van der Waals surface area contributed by atoms with Gasteiger partial charge in [-0.25, -0.2) is 4.39 Å². The van der Waals surface area contributed by atoms with Crippen molar-refractivity contribution in [3.05, 3.63) is 29.8 Å². The van der Waals surface area contributed by atoms with E-state index >= 15 is 0 Å². The zero-order valence-corrected chi connectivity index (χ0v) is 10.7. The average molecular weight is 251 g/mol. The lowest BCUT2D eigenvalue weighted by atomic mass is 10.1. The van der Waals surface area contributed by atoms with Crippen LogP contribution in [-0.4, -0.2) is 24.7 Å². The van der Waals surface area contributed by atoms with Crippen LogP contribution in [0.2, 0.25) is 0 Å². The van der Waals surface area contributed by atoms with Crippen LogP contribution >= 0.6 is 0 Å². The van der Waals surface area contributed by atoms with Crippen molar-refractivity contribution in [1.82, 2.24) is 5.32 Å². The molecule has 1 aromatic carbocycles. The van der Waals surface area contributed by atoms with Gasteiger partial charge in [0, 0.05) is 6.04 Å². The second kappa shape index (κ2) is 4.96. The Bertz CT molecular complexity index is 443. The third-order valence-electron chi connectivity index (χ3n) is 3.15. The van der Waals surface area contributed by atoms with E-state index in [0.29, 0.717) is 19.3 Å². The Morgan fingerprint density at radius 1 is 1.56 bits per heavy atom. The maximum Gasteiger partial charge on any atom is 0.257 e. The fourth-order valence-corrected chi connectivity index (χ4v) is 1.89. The number of methoxy groups -OCH3 is 1. The van der Waals surface area contributed by atoms with Crippen LogP contribution in [0.15, 0.2) is 24.3 Å². The zero-order valence-electron chi connectivity index (χ0n) is 10.7. The number of amides is 1. The van der Waals surface area contributed by atoms with Crippen molar-refractivity contribution in [2.45, 2.75) is 37.9 Å². The summed E-state index contributed by atoms with van der Waals surface area (Å²) in [5, 5.41) is 2.71. The van der Waals surface area contributed by atoms with E-state index in [4.69, 9.17) is 4.74 Å². The quantitative estimate of drug-likeness (QED) is 0.871. The van der Waals surface area contributed by atoms with Gasteiger partial charge in [-0.1, -0.05) is 12.1 Å². The molecule has 1 aromatic rings. The second-order valence-electron chi connectivity index (χ2n) is 4.90. The number of hydrogen-bond donors (Lipinski definition) is 1. The van der Waals surface area contributed by atoms with Crippen LogP contribution in [0.3, 0.4) is 0 Å². The molecule has 3 nitrogen and oxygen atoms in total. The number of carbonyl (C=O) groups excluding carboxylic acids is 1. The van der Waals surface area contributed by atoms with Crippen molar-refractivity contribution in [2.75, 3.05) is 7.11 Å². The molecule has 0 heterocycles. The summed E-state index contributed by atoms with van der Waals surface area (Å²) in [6.07, 6.45) is 1.37. The highest BCUT2D eigenvalue weighted by Crippen LogP contribution is 2.39. The molecule has 0 radical (unpaired) electrons. The van der Waals surface area contributed by atoms with Gasteiger partial charge in [-0.2, -0.15) is 0 Å². The first kappa shape index (κ1) is 12.9. The van der Waals surface area contributed by atoms with E-state index in [1.807, 2.05) is 31.2 Å². The van der Waals surface area contributed by atoms with Crippen LogP contribution in [0.1, 0.15) is 25.3 Å². The van der Waals surface area contributed by atoms with Gasteiger partial charge in [-0.15, -0.1) is 0 Å². The third-order valence-corrected chi connectivity index (χ3v) is 3.15. The van der Waals surface area contributed by atoms with Gasteiger partial charge in [0.1, 0.15) is 5.75 Å². The summed E-state index contributed by atoms with van der Waals surface area (Å²) >= 11 is 0. The summed E-state index contributed by atoms with van der Waals surface area (Å²) in [5.74, 6) is 0.313. The fourth-order valence-electron chi connectivity index (χ4n) is 1.89. The Morgan fingerprint density at radius 2 is 2.28 bits per heavy atom. The summed E-state index contributed by atoms with van der Waals surface area (Å²) in [5.41, 5.74) is -0.534. The van der Waals surface area contributed by atoms with E-state index < -0.39 is 11.6 Å². The number of rotatable bonds is 5. The molecule has 1 unspecified atom stereocenters.